The number of sulfonamides is 1. The largest absolute Gasteiger partial charge is 0.406 e. The zero-order chi connectivity index (χ0) is 21.8. The van der Waals surface area contributed by atoms with Gasteiger partial charge >= 0.3 is 6.18 Å². The number of hydrogen-bond acceptors (Lipinski definition) is 3. The van der Waals surface area contributed by atoms with Crippen LogP contribution in [-0.4, -0.2) is 44.4 Å². The van der Waals surface area contributed by atoms with E-state index >= 15 is 0 Å². The summed E-state index contributed by atoms with van der Waals surface area (Å²) in [6.45, 7) is 1.85. The molecule has 0 radical (unpaired) electrons. The first kappa shape index (κ1) is 22.8. The predicted molar refractivity (Wildman–Crippen MR) is 101 cm³/mol. The summed E-state index contributed by atoms with van der Waals surface area (Å²) >= 11 is 0. The third kappa shape index (κ3) is 5.33. The first-order valence-electron chi connectivity index (χ1n) is 8.74. The van der Waals surface area contributed by atoms with E-state index in [0.29, 0.717) is 4.90 Å². The van der Waals surface area contributed by atoms with Gasteiger partial charge in [0, 0.05) is 18.8 Å². The van der Waals surface area contributed by atoms with Gasteiger partial charge in [0.15, 0.2) is 0 Å². The van der Waals surface area contributed by atoms with Gasteiger partial charge in [-0.05, 0) is 30.3 Å². The highest BCUT2D eigenvalue weighted by Crippen LogP contribution is 2.26. The highest BCUT2D eigenvalue weighted by Gasteiger charge is 2.35. The minimum absolute atomic E-state index is 0.0915. The number of halogens is 4. The van der Waals surface area contributed by atoms with Crippen LogP contribution >= 0.6 is 0 Å². The molecule has 158 valence electrons. The second-order valence-corrected chi connectivity index (χ2v) is 8.01. The molecule has 0 saturated heterocycles. The molecule has 0 aliphatic rings. The Kier molecular flexibility index (Phi) is 7.02. The Morgan fingerprint density at radius 3 is 2.10 bits per heavy atom. The van der Waals surface area contributed by atoms with E-state index < -0.39 is 40.0 Å². The van der Waals surface area contributed by atoms with E-state index in [1.807, 2.05) is 0 Å². The van der Waals surface area contributed by atoms with E-state index in [-0.39, 0.29) is 23.7 Å². The highest BCUT2D eigenvalue weighted by molar-refractivity contribution is 7.89. The second-order valence-electron chi connectivity index (χ2n) is 6.07. The molecule has 1 amide bonds. The van der Waals surface area contributed by atoms with Gasteiger partial charge in [0.2, 0.25) is 10.0 Å². The number of carbonyl (C=O) groups is 1. The van der Waals surface area contributed by atoms with Gasteiger partial charge in [0.1, 0.15) is 12.4 Å². The molecule has 0 spiro atoms. The summed E-state index contributed by atoms with van der Waals surface area (Å²) in [6, 6.07) is 9.50. The number of amides is 1. The number of para-hydroxylation sites is 1. The smallest absolute Gasteiger partial charge is 0.299 e. The van der Waals surface area contributed by atoms with Gasteiger partial charge in [-0.15, -0.1) is 0 Å². The van der Waals surface area contributed by atoms with E-state index in [1.165, 1.54) is 24.3 Å². The topological polar surface area (TPSA) is 57.7 Å². The molecule has 2 rings (SSSR count). The summed E-state index contributed by atoms with van der Waals surface area (Å²) in [6.07, 6.45) is -4.74. The molecule has 0 bridgehead atoms. The third-order valence-corrected chi connectivity index (χ3v) is 6.21. The minimum atomic E-state index is -4.74. The first-order chi connectivity index (χ1) is 13.5. The molecular formula is C19H20F4N2O3S. The Labute approximate surface area is 166 Å². The lowest BCUT2D eigenvalue weighted by Crippen LogP contribution is -2.39. The third-order valence-electron chi connectivity index (χ3n) is 4.16. The molecule has 0 aliphatic carbocycles. The maximum Gasteiger partial charge on any atom is 0.406 e. The van der Waals surface area contributed by atoms with Crippen LogP contribution in [0.1, 0.15) is 24.2 Å². The van der Waals surface area contributed by atoms with Crippen LogP contribution in [-0.2, 0) is 10.0 Å². The SMILES string of the molecule is CCN(CC)S(=O)(=O)c1ccc(F)c(C(=O)N(CC(F)(F)F)c2ccccc2)c1. The zero-order valence-electron chi connectivity index (χ0n) is 15.8. The number of alkyl halides is 3. The average Bonchev–Trinajstić information content (AvgIpc) is 2.66. The molecule has 0 aliphatic heterocycles. The maximum absolute atomic E-state index is 14.3. The first-order valence-corrected chi connectivity index (χ1v) is 10.2. The van der Waals surface area contributed by atoms with Crippen LogP contribution in [0.5, 0.6) is 0 Å². The van der Waals surface area contributed by atoms with Crippen LogP contribution < -0.4 is 4.90 Å². The summed E-state index contributed by atoms with van der Waals surface area (Å²) in [5, 5.41) is 0. The van der Waals surface area contributed by atoms with Gasteiger partial charge in [-0.1, -0.05) is 32.0 Å². The maximum atomic E-state index is 14.3. The summed E-state index contributed by atoms with van der Waals surface area (Å²) < 4.78 is 79.9. The van der Waals surface area contributed by atoms with Gasteiger partial charge in [-0.25, -0.2) is 12.8 Å². The summed E-state index contributed by atoms with van der Waals surface area (Å²) in [7, 11) is -4.03. The lowest BCUT2D eigenvalue weighted by atomic mass is 10.1. The molecule has 29 heavy (non-hydrogen) atoms. The summed E-state index contributed by atoms with van der Waals surface area (Å²) in [5.41, 5.74) is -0.849. The minimum Gasteiger partial charge on any atom is -0.299 e. The molecule has 0 N–H and O–H groups in total. The van der Waals surface area contributed by atoms with E-state index in [9.17, 15) is 30.8 Å². The van der Waals surface area contributed by atoms with Crippen LogP contribution in [0, 0.1) is 5.82 Å². The molecular weight excluding hydrogens is 412 g/mol. The molecule has 0 heterocycles. The number of anilines is 1. The molecule has 10 heteroatoms. The fraction of sp³-hybridized carbons (Fsp3) is 0.316. The van der Waals surface area contributed by atoms with Gasteiger partial charge in [-0.3, -0.25) is 9.69 Å². The summed E-state index contributed by atoms with van der Waals surface area (Å²) in [4.78, 5) is 12.8. The fourth-order valence-electron chi connectivity index (χ4n) is 2.75. The molecule has 0 fully saturated rings. The Bertz CT molecular complexity index is 959. The Balaban J connectivity index is 2.55. The fourth-order valence-corrected chi connectivity index (χ4v) is 4.24. The van der Waals surface area contributed by atoms with Crippen molar-refractivity contribution in [3.63, 3.8) is 0 Å². The molecule has 0 aromatic heterocycles. The van der Waals surface area contributed by atoms with Crippen LogP contribution in [0.2, 0.25) is 0 Å². The Morgan fingerprint density at radius 2 is 1.59 bits per heavy atom. The Hall–Kier alpha value is -2.46. The lowest BCUT2D eigenvalue weighted by molar-refractivity contribution is -0.118. The van der Waals surface area contributed by atoms with Crippen LogP contribution in [0.3, 0.4) is 0 Å². The van der Waals surface area contributed by atoms with E-state index in [0.717, 1.165) is 22.5 Å². The molecule has 2 aromatic rings. The van der Waals surface area contributed by atoms with Gasteiger partial charge in [-0.2, -0.15) is 17.5 Å². The van der Waals surface area contributed by atoms with Crippen molar-refractivity contribution in [1.29, 1.82) is 0 Å². The van der Waals surface area contributed by atoms with E-state index in [2.05, 4.69) is 0 Å². The number of nitrogens with zero attached hydrogens (tertiary/aromatic N) is 2. The zero-order valence-corrected chi connectivity index (χ0v) is 16.6. The summed E-state index contributed by atoms with van der Waals surface area (Å²) in [5.74, 6) is -2.40. The molecule has 0 unspecified atom stereocenters. The van der Waals surface area contributed by atoms with Crippen molar-refractivity contribution in [1.82, 2.24) is 4.31 Å². The van der Waals surface area contributed by atoms with Crippen molar-refractivity contribution in [2.45, 2.75) is 24.9 Å². The molecule has 0 atom stereocenters. The van der Waals surface area contributed by atoms with Crippen LogP contribution in [0.25, 0.3) is 0 Å². The number of rotatable bonds is 7. The van der Waals surface area contributed by atoms with E-state index in [4.69, 9.17) is 0 Å². The van der Waals surface area contributed by atoms with Crippen molar-refractivity contribution in [2.75, 3.05) is 24.5 Å². The predicted octanol–water partition coefficient (Wildman–Crippen LogP) is 4.07. The van der Waals surface area contributed by atoms with Crippen molar-refractivity contribution in [3.05, 3.63) is 59.9 Å². The number of carbonyl (C=O) groups excluding carboxylic acids is 1. The number of hydrogen-bond donors (Lipinski definition) is 0. The molecule has 0 saturated carbocycles. The molecule has 2 aromatic carbocycles. The monoisotopic (exact) mass is 432 g/mol. The number of benzene rings is 2. The normalized spacial score (nSPS) is 12.2. The molecule has 5 nitrogen and oxygen atoms in total. The lowest BCUT2D eigenvalue weighted by Gasteiger charge is -2.25. The van der Waals surface area contributed by atoms with Crippen molar-refractivity contribution in [3.8, 4) is 0 Å². The van der Waals surface area contributed by atoms with Crippen molar-refractivity contribution >= 4 is 21.6 Å². The van der Waals surface area contributed by atoms with Crippen molar-refractivity contribution in [2.24, 2.45) is 0 Å². The van der Waals surface area contributed by atoms with Gasteiger partial charge < -0.3 is 0 Å². The Morgan fingerprint density at radius 1 is 1.00 bits per heavy atom. The van der Waals surface area contributed by atoms with Gasteiger partial charge in [0.05, 0.1) is 10.5 Å². The second kappa shape index (κ2) is 8.91. The highest BCUT2D eigenvalue weighted by atomic mass is 32.2. The quantitative estimate of drug-likeness (QED) is 0.620. The van der Waals surface area contributed by atoms with Gasteiger partial charge in [0.25, 0.3) is 5.91 Å². The van der Waals surface area contributed by atoms with E-state index in [1.54, 1.807) is 19.9 Å². The standard InChI is InChI=1S/C19H20F4N2O3S/c1-3-24(4-2)29(27,28)15-10-11-17(20)16(12-15)18(26)25(13-19(21,22)23)14-8-6-5-7-9-14/h5-12H,3-4,13H2,1-2H3. The average molecular weight is 432 g/mol. The van der Waals surface area contributed by atoms with Crippen LogP contribution in [0.15, 0.2) is 53.4 Å². The van der Waals surface area contributed by atoms with Crippen molar-refractivity contribution < 1.29 is 30.8 Å². The van der Waals surface area contributed by atoms with Crippen LogP contribution in [0.4, 0.5) is 23.2 Å².